The van der Waals surface area contributed by atoms with Gasteiger partial charge in [0.25, 0.3) is 0 Å². The van der Waals surface area contributed by atoms with Gasteiger partial charge in [-0.25, -0.2) is 9.59 Å². The monoisotopic (exact) mass is 774 g/mol. The van der Waals surface area contributed by atoms with Crippen LogP contribution in [0.25, 0.3) is 6.08 Å². The van der Waals surface area contributed by atoms with Crippen molar-refractivity contribution < 1.29 is 33.3 Å². The summed E-state index contributed by atoms with van der Waals surface area (Å²) in [5, 5.41) is 0. The van der Waals surface area contributed by atoms with Crippen LogP contribution < -0.4 is 9.47 Å². The van der Waals surface area contributed by atoms with Crippen LogP contribution in [-0.2, 0) is 25.5 Å². The van der Waals surface area contributed by atoms with Crippen LogP contribution in [-0.4, -0.2) is 46.1 Å². The lowest BCUT2D eigenvalue weighted by molar-refractivity contribution is -0.138. The third-order valence-corrected chi connectivity index (χ3v) is 8.06. The van der Waals surface area contributed by atoms with E-state index in [4.69, 9.17) is 18.9 Å². The van der Waals surface area contributed by atoms with Crippen LogP contribution in [0.3, 0.4) is 0 Å². The number of halogens is 2. The molecule has 0 amide bonds. The molecular formula is C31H36I2O7. The minimum Gasteiger partial charge on any atom is -0.496 e. The minimum atomic E-state index is -0.402. The molecule has 0 radical (unpaired) electrons. The predicted molar refractivity (Wildman–Crippen MR) is 174 cm³/mol. The molecule has 0 heterocycles. The highest BCUT2D eigenvalue weighted by Gasteiger charge is 2.21. The van der Waals surface area contributed by atoms with Gasteiger partial charge in [-0.1, -0.05) is 70.8 Å². The Morgan fingerprint density at radius 3 is 2.27 bits per heavy atom. The maximum atomic E-state index is 12.9. The predicted octanol–water partition coefficient (Wildman–Crippen LogP) is 7.32. The van der Waals surface area contributed by atoms with Crippen molar-refractivity contribution in [1.29, 1.82) is 0 Å². The number of hydrogen-bond donors (Lipinski definition) is 0. The zero-order valence-corrected chi connectivity index (χ0v) is 27.3. The van der Waals surface area contributed by atoms with Crippen molar-refractivity contribution in [2.24, 2.45) is 0 Å². The number of unbranched alkanes of at least 4 members (excludes halogenated alkanes) is 3. The Kier molecular flexibility index (Phi) is 15.3. The van der Waals surface area contributed by atoms with Gasteiger partial charge in [-0.15, -0.1) is 0 Å². The second kappa shape index (κ2) is 18.1. The lowest BCUT2D eigenvalue weighted by atomic mass is 10.0. The zero-order chi connectivity index (χ0) is 29.4. The van der Waals surface area contributed by atoms with Crippen LogP contribution in [0.15, 0.2) is 61.2 Å². The van der Waals surface area contributed by atoms with Crippen molar-refractivity contribution in [2.45, 2.75) is 46.9 Å². The van der Waals surface area contributed by atoms with E-state index < -0.39 is 11.9 Å². The Bertz CT molecular complexity index is 1160. The van der Waals surface area contributed by atoms with Crippen LogP contribution in [0.5, 0.6) is 11.5 Å². The molecule has 0 bridgehead atoms. The van der Waals surface area contributed by atoms with E-state index >= 15 is 0 Å². The smallest absolute Gasteiger partial charge is 0.330 e. The third-order valence-electron chi connectivity index (χ3n) is 5.91. The van der Waals surface area contributed by atoms with E-state index in [1.54, 1.807) is 43.5 Å². The van der Waals surface area contributed by atoms with E-state index in [1.807, 2.05) is 19.1 Å². The normalized spacial score (nSPS) is 11.2. The average molecular weight is 774 g/mol. The molecule has 0 aliphatic rings. The fraction of sp³-hybridized carbons (Fsp3) is 0.387. The number of esters is 2. The number of ether oxygens (including phenoxy) is 4. The van der Waals surface area contributed by atoms with Gasteiger partial charge in [-0.3, -0.25) is 4.79 Å². The molecular weight excluding hydrogens is 738 g/mol. The first-order chi connectivity index (χ1) is 19.2. The number of alkyl halides is 2. The summed E-state index contributed by atoms with van der Waals surface area (Å²) in [6.07, 6.45) is 8.92. The first kappa shape index (κ1) is 33.8. The number of Topliss-reactive ketones (excluding diaryl/α,β-unsaturated/α-hetero) is 1. The van der Waals surface area contributed by atoms with Crippen molar-refractivity contribution in [2.75, 3.05) is 26.9 Å². The maximum Gasteiger partial charge on any atom is 0.330 e. The van der Waals surface area contributed by atoms with Crippen LogP contribution in [0, 0.1) is 0 Å². The van der Waals surface area contributed by atoms with Gasteiger partial charge in [0.2, 0.25) is 0 Å². The molecule has 0 aromatic heterocycles. The molecule has 216 valence electrons. The van der Waals surface area contributed by atoms with Crippen molar-refractivity contribution >= 4 is 69.0 Å². The Morgan fingerprint density at radius 2 is 1.62 bits per heavy atom. The molecule has 40 heavy (non-hydrogen) atoms. The van der Waals surface area contributed by atoms with E-state index in [-0.39, 0.29) is 13.6 Å². The fourth-order valence-electron chi connectivity index (χ4n) is 3.49. The van der Waals surface area contributed by atoms with Gasteiger partial charge in [-0.2, -0.15) is 0 Å². The van der Waals surface area contributed by atoms with E-state index in [1.165, 1.54) is 6.08 Å². The highest BCUT2D eigenvalue weighted by molar-refractivity contribution is 14.2. The van der Waals surface area contributed by atoms with Crippen molar-refractivity contribution in [1.82, 2.24) is 0 Å². The zero-order valence-electron chi connectivity index (χ0n) is 23.0. The van der Waals surface area contributed by atoms with Gasteiger partial charge in [0.05, 0.1) is 20.3 Å². The molecule has 0 aliphatic heterocycles. The molecule has 0 spiro atoms. The lowest BCUT2D eigenvalue weighted by Gasteiger charge is -2.17. The summed E-state index contributed by atoms with van der Waals surface area (Å²) in [4.78, 5) is 36.0. The van der Waals surface area contributed by atoms with Gasteiger partial charge in [-0.05, 0) is 74.1 Å². The molecule has 2 rings (SSSR count). The Balaban J connectivity index is 1.81. The number of hydrogen-bond acceptors (Lipinski definition) is 7. The molecule has 0 saturated heterocycles. The SMILES string of the molecule is C=CC(=O)OCCCCCCOc1ccc(C(=O)Cc2ccc(/C=C/C(=O)OCC(I)(I)CC)cc2OC)cc1. The summed E-state index contributed by atoms with van der Waals surface area (Å²) in [6.45, 7) is 6.73. The summed E-state index contributed by atoms with van der Waals surface area (Å²) in [7, 11) is 1.56. The summed E-state index contributed by atoms with van der Waals surface area (Å²) < 4.78 is 21.4. The quantitative estimate of drug-likeness (QED) is 0.0392. The molecule has 0 unspecified atom stereocenters. The molecule has 0 saturated carbocycles. The Morgan fingerprint density at radius 1 is 0.925 bits per heavy atom. The first-order valence-corrected chi connectivity index (χ1v) is 15.3. The largest absolute Gasteiger partial charge is 0.496 e. The molecule has 0 aliphatic carbocycles. The van der Waals surface area contributed by atoms with Gasteiger partial charge in [0.1, 0.15) is 19.5 Å². The molecule has 7 nitrogen and oxygen atoms in total. The maximum absolute atomic E-state index is 12.9. The second-order valence-electron chi connectivity index (χ2n) is 8.98. The highest BCUT2D eigenvalue weighted by Crippen LogP contribution is 2.31. The van der Waals surface area contributed by atoms with Crippen LogP contribution in [0.2, 0.25) is 0 Å². The Hall–Kier alpha value is -2.41. The summed E-state index contributed by atoms with van der Waals surface area (Å²) >= 11 is 4.55. The van der Waals surface area contributed by atoms with Gasteiger partial charge in [0.15, 0.2) is 5.78 Å². The Labute approximate surface area is 264 Å². The molecule has 0 atom stereocenters. The summed E-state index contributed by atoms with van der Waals surface area (Å²) in [5.41, 5.74) is 2.12. The topological polar surface area (TPSA) is 88.1 Å². The average Bonchev–Trinajstić information content (AvgIpc) is 2.96. The van der Waals surface area contributed by atoms with Gasteiger partial charge >= 0.3 is 11.9 Å². The van der Waals surface area contributed by atoms with E-state index in [9.17, 15) is 14.4 Å². The number of rotatable bonds is 18. The standard InChI is InChI=1S/C31H36I2O7/c1-4-29(35)39-19-9-7-6-8-18-38-26-15-13-24(14-16-26)27(34)21-25-12-10-23(20-28(25)37-3)11-17-30(36)40-22-31(32,33)5-2/h4,10-17,20H,1,5-9,18-19,21-22H2,2-3H3/b17-11+. The van der Waals surface area contributed by atoms with E-state index in [2.05, 4.69) is 51.8 Å². The van der Waals surface area contributed by atoms with Crippen molar-refractivity contribution in [3.8, 4) is 11.5 Å². The number of carbonyl (C=O) groups is 3. The first-order valence-electron chi connectivity index (χ1n) is 13.1. The fourth-order valence-corrected chi connectivity index (χ4v) is 3.80. The van der Waals surface area contributed by atoms with Gasteiger partial charge in [0, 0.05) is 29.7 Å². The number of benzene rings is 2. The van der Waals surface area contributed by atoms with Crippen LogP contribution >= 0.6 is 45.2 Å². The number of methoxy groups -OCH3 is 1. The summed E-state index contributed by atoms with van der Waals surface area (Å²) in [5.74, 6) is 0.455. The molecule has 2 aromatic rings. The lowest BCUT2D eigenvalue weighted by Crippen LogP contribution is -2.20. The number of ketones is 1. The van der Waals surface area contributed by atoms with Gasteiger partial charge < -0.3 is 18.9 Å². The second-order valence-corrected chi connectivity index (χ2v) is 15.2. The molecule has 0 fully saturated rings. The van der Waals surface area contributed by atoms with Crippen molar-refractivity contribution in [3.63, 3.8) is 0 Å². The van der Waals surface area contributed by atoms with Crippen LogP contribution in [0.4, 0.5) is 0 Å². The van der Waals surface area contributed by atoms with E-state index in [0.29, 0.717) is 36.9 Å². The molecule has 9 heteroatoms. The third kappa shape index (κ3) is 12.8. The summed E-state index contributed by atoms with van der Waals surface area (Å²) in [6, 6.07) is 12.6. The molecule has 0 N–H and O–H groups in total. The highest BCUT2D eigenvalue weighted by atomic mass is 127. The van der Waals surface area contributed by atoms with Crippen molar-refractivity contribution in [3.05, 3.63) is 77.9 Å². The minimum absolute atomic E-state index is 0.0362. The van der Waals surface area contributed by atoms with E-state index in [0.717, 1.165) is 49.3 Å². The molecule has 2 aromatic carbocycles. The van der Waals surface area contributed by atoms with Crippen LogP contribution in [0.1, 0.15) is 60.5 Å². The number of carbonyl (C=O) groups excluding carboxylic acids is 3.